The Kier molecular flexibility index (Phi) is 8.07. The first-order valence-electron chi connectivity index (χ1n) is 9.70. The van der Waals surface area contributed by atoms with Crippen LogP contribution in [0.1, 0.15) is 30.5 Å². The molecular weight excluding hydrogens is 438 g/mol. The number of thiazole rings is 1. The van der Waals surface area contributed by atoms with Gasteiger partial charge in [-0.05, 0) is 25.5 Å². The Morgan fingerprint density at radius 2 is 2.10 bits per heavy atom. The molecule has 9 heteroatoms. The van der Waals surface area contributed by atoms with Crippen LogP contribution in [-0.4, -0.2) is 31.4 Å². The quantitative estimate of drug-likeness (QED) is 0.313. The van der Waals surface area contributed by atoms with Crippen LogP contribution in [0.2, 0.25) is 5.02 Å². The molecule has 6 nitrogen and oxygen atoms in total. The number of thioether (sulfide) groups is 1. The van der Waals surface area contributed by atoms with Gasteiger partial charge in [-0.25, -0.2) is 4.98 Å². The molecule has 2 aromatic heterocycles. The lowest BCUT2D eigenvalue weighted by Crippen LogP contribution is -2.14. The van der Waals surface area contributed by atoms with E-state index < -0.39 is 0 Å². The molecule has 1 aromatic carbocycles. The average Bonchev–Trinajstić information content (AvgIpc) is 3.28. The number of allylic oxidation sites excluding steroid dienone is 1. The number of rotatable bonds is 10. The van der Waals surface area contributed by atoms with Gasteiger partial charge < -0.3 is 9.88 Å². The summed E-state index contributed by atoms with van der Waals surface area (Å²) in [5.74, 6) is 1.04. The Morgan fingerprint density at radius 1 is 1.33 bits per heavy atom. The SMILES string of the molecule is C=CCn1c(CCCC)nnc1SCC(=O)Nc1nc(-c2ccc(Cl)cc2)c(C)s1. The molecule has 1 amide bonds. The van der Waals surface area contributed by atoms with E-state index in [0.717, 1.165) is 46.4 Å². The summed E-state index contributed by atoms with van der Waals surface area (Å²) in [6, 6.07) is 7.51. The maximum absolute atomic E-state index is 12.5. The first kappa shape index (κ1) is 22.5. The standard InChI is InChI=1S/C21H24ClN5OS2/c1-4-6-7-17-25-26-21(27(17)12-5-2)29-13-18(28)23-20-24-19(14(3)30-20)15-8-10-16(22)11-9-15/h5,8-11H,2,4,6-7,12-13H2,1,3H3,(H,23,24,28). The highest BCUT2D eigenvalue weighted by molar-refractivity contribution is 7.99. The van der Waals surface area contributed by atoms with Crippen LogP contribution in [0.15, 0.2) is 42.1 Å². The molecule has 0 atom stereocenters. The summed E-state index contributed by atoms with van der Waals surface area (Å²) in [7, 11) is 0. The van der Waals surface area contributed by atoms with Gasteiger partial charge in [0.1, 0.15) is 5.82 Å². The molecule has 1 N–H and O–H groups in total. The van der Waals surface area contributed by atoms with Gasteiger partial charge in [0.25, 0.3) is 0 Å². The second-order valence-corrected chi connectivity index (χ2v) is 9.25. The van der Waals surface area contributed by atoms with E-state index >= 15 is 0 Å². The van der Waals surface area contributed by atoms with E-state index in [1.165, 1.54) is 23.1 Å². The van der Waals surface area contributed by atoms with E-state index in [1.807, 2.05) is 41.8 Å². The number of carbonyl (C=O) groups excluding carboxylic acids is 1. The van der Waals surface area contributed by atoms with Gasteiger partial charge in [0.15, 0.2) is 10.3 Å². The maximum atomic E-state index is 12.5. The van der Waals surface area contributed by atoms with Crippen LogP contribution >= 0.6 is 34.7 Å². The molecule has 0 radical (unpaired) electrons. The minimum Gasteiger partial charge on any atom is -0.302 e. The van der Waals surface area contributed by atoms with Crippen molar-refractivity contribution >= 4 is 45.7 Å². The molecule has 0 aliphatic carbocycles. The smallest absolute Gasteiger partial charge is 0.236 e. The summed E-state index contributed by atoms with van der Waals surface area (Å²) in [6.07, 6.45) is 4.84. The van der Waals surface area contributed by atoms with Gasteiger partial charge in [0, 0.05) is 28.4 Å². The van der Waals surface area contributed by atoms with Gasteiger partial charge in [0.05, 0.1) is 11.4 Å². The summed E-state index contributed by atoms with van der Waals surface area (Å²) in [4.78, 5) is 18.1. The fraction of sp³-hybridized carbons (Fsp3) is 0.333. The summed E-state index contributed by atoms with van der Waals surface area (Å²) in [5, 5.41) is 13.4. The largest absolute Gasteiger partial charge is 0.302 e. The van der Waals surface area contributed by atoms with Crippen molar-refractivity contribution in [1.29, 1.82) is 0 Å². The van der Waals surface area contributed by atoms with Crippen molar-refractivity contribution in [1.82, 2.24) is 19.7 Å². The van der Waals surface area contributed by atoms with Crippen LogP contribution < -0.4 is 5.32 Å². The number of halogens is 1. The number of nitrogens with zero attached hydrogens (tertiary/aromatic N) is 4. The Bertz CT molecular complexity index is 1010. The number of amides is 1. The van der Waals surface area contributed by atoms with Crippen molar-refractivity contribution in [2.24, 2.45) is 0 Å². The van der Waals surface area contributed by atoms with Gasteiger partial charge in [-0.3, -0.25) is 4.79 Å². The summed E-state index contributed by atoms with van der Waals surface area (Å²) in [5.41, 5.74) is 1.83. The first-order valence-corrected chi connectivity index (χ1v) is 11.9. The van der Waals surface area contributed by atoms with Crippen LogP contribution in [0.25, 0.3) is 11.3 Å². The van der Waals surface area contributed by atoms with Crippen molar-refractivity contribution in [2.75, 3.05) is 11.1 Å². The third-order valence-corrected chi connectivity index (χ3v) is 6.46. The van der Waals surface area contributed by atoms with E-state index in [0.29, 0.717) is 16.7 Å². The molecule has 0 spiro atoms. The number of hydrogen-bond acceptors (Lipinski definition) is 6. The number of aryl methyl sites for hydroxylation is 2. The number of aromatic nitrogens is 4. The second-order valence-electron chi connectivity index (χ2n) is 6.67. The summed E-state index contributed by atoms with van der Waals surface area (Å²) < 4.78 is 2.02. The van der Waals surface area contributed by atoms with Crippen molar-refractivity contribution in [3.05, 3.63) is 52.6 Å². The molecule has 0 aliphatic heterocycles. The van der Waals surface area contributed by atoms with Gasteiger partial charge in [-0.1, -0.05) is 54.9 Å². The van der Waals surface area contributed by atoms with Gasteiger partial charge in [0.2, 0.25) is 5.91 Å². The topological polar surface area (TPSA) is 72.7 Å². The summed E-state index contributed by atoms with van der Waals surface area (Å²) in [6.45, 7) is 8.57. The molecule has 0 bridgehead atoms. The zero-order valence-corrected chi connectivity index (χ0v) is 19.4. The number of unbranched alkanes of at least 4 members (excludes halogenated alkanes) is 1. The molecular formula is C21H24ClN5OS2. The molecule has 30 heavy (non-hydrogen) atoms. The van der Waals surface area contributed by atoms with Crippen LogP contribution in [-0.2, 0) is 17.8 Å². The third kappa shape index (κ3) is 5.71. The number of benzene rings is 1. The molecule has 3 aromatic rings. The second kappa shape index (κ2) is 10.7. The maximum Gasteiger partial charge on any atom is 0.236 e. The zero-order chi connectivity index (χ0) is 21.5. The number of carbonyl (C=O) groups is 1. The Hall–Kier alpha value is -2.16. The van der Waals surface area contributed by atoms with Crippen LogP contribution in [0.4, 0.5) is 5.13 Å². The highest BCUT2D eigenvalue weighted by atomic mass is 35.5. The number of anilines is 1. The third-order valence-electron chi connectivity index (χ3n) is 4.35. The first-order chi connectivity index (χ1) is 14.5. The normalized spacial score (nSPS) is 10.9. The zero-order valence-electron chi connectivity index (χ0n) is 17.0. The Morgan fingerprint density at radius 3 is 2.80 bits per heavy atom. The molecule has 2 heterocycles. The lowest BCUT2D eigenvalue weighted by atomic mass is 10.1. The highest BCUT2D eigenvalue weighted by Gasteiger charge is 2.15. The molecule has 158 valence electrons. The molecule has 0 aliphatic rings. The van der Waals surface area contributed by atoms with Gasteiger partial charge in [-0.15, -0.1) is 28.1 Å². The molecule has 3 rings (SSSR count). The van der Waals surface area contributed by atoms with E-state index in [2.05, 4.69) is 34.0 Å². The van der Waals surface area contributed by atoms with E-state index in [1.54, 1.807) is 0 Å². The van der Waals surface area contributed by atoms with Crippen molar-refractivity contribution in [3.8, 4) is 11.3 Å². The lowest BCUT2D eigenvalue weighted by molar-refractivity contribution is -0.113. The van der Waals surface area contributed by atoms with E-state index in [-0.39, 0.29) is 11.7 Å². The fourth-order valence-corrected chi connectivity index (χ4v) is 4.61. The molecule has 0 saturated carbocycles. The predicted octanol–water partition coefficient (Wildman–Crippen LogP) is 5.62. The van der Waals surface area contributed by atoms with Crippen molar-refractivity contribution in [3.63, 3.8) is 0 Å². The Labute approximate surface area is 189 Å². The van der Waals surface area contributed by atoms with Gasteiger partial charge >= 0.3 is 0 Å². The van der Waals surface area contributed by atoms with Gasteiger partial charge in [-0.2, -0.15) is 0 Å². The van der Waals surface area contributed by atoms with Crippen LogP contribution in [0.5, 0.6) is 0 Å². The monoisotopic (exact) mass is 461 g/mol. The molecule has 0 unspecified atom stereocenters. The average molecular weight is 462 g/mol. The lowest BCUT2D eigenvalue weighted by Gasteiger charge is -2.07. The molecule has 0 saturated heterocycles. The van der Waals surface area contributed by atoms with Crippen LogP contribution in [0, 0.1) is 6.92 Å². The molecule has 0 fully saturated rings. The van der Waals surface area contributed by atoms with Crippen molar-refractivity contribution < 1.29 is 4.79 Å². The van der Waals surface area contributed by atoms with Crippen molar-refractivity contribution in [2.45, 2.75) is 44.8 Å². The number of nitrogens with one attached hydrogen (secondary N) is 1. The minimum atomic E-state index is -0.125. The Balaban J connectivity index is 1.63. The fourth-order valence-electron chi connectivity index (χ4n) is 2.87. The van der Waals surface area contributed by atoms with E-state index in [9.17, 15) is 4.79 Å². The van der Waals surface area contributed by atoms with Crippen LogP contribution in [0.3, 0.4) is 0 Å². The predicted molar refractivity (Wildman–Crippen MR) is 125 cm³/mol. The highest BCUT2D eigenvalue weighted by Crippen LogP contribution is 2.31. The number of hydrogen-bond donors (Lipinski definition) is 1. The minimum absolute atomic E-state index is 0.125. The summed E-state index contributed by atoms with van der Waals surface area (Å²) >= 11 is 8.79. The van der Waals surface area contributed by atoms with E-state index in [4.69, 9.17) is 11.6 Å².